The zero-order chi connectivity index (χ0) is 21.7. The van der Waals surface area contributed by atoms with E-state index in [0.29, 0.717) is 12.6 Å². The number of fused-ring (bicyclic) bond motifs is 1. The first-order valence-corrected chi connectivity index (χ1v) is 11.7. The molecular weight excluding hydrogens is 392 g/mol. The zero-order valence-electron chi connectivity index (χ0n) is 18.9. The van der Waals surface area contributed by atoms with Crippen LogP contribution in [0.15, 0.2) is 23.0 Å². The maximum absolute atomic E-state index is 12.9. The molecule has 0 saturated carbocycles. The SMILES string of the molecule is CCCCNC(=S)N(Cc1cc2ccc(C)c(C)c2[nH]c1=O)C[C@@H]1CCCN1CC. The smallest absolute Gasteiger partial charge is 0.253 e. The third kappa shape index (κ3) is 5.22. The van der Waals surface area contributed by atoms with Gasteiger partial charge in [-0.2, -0.15) is 0 Å². The Morgan fingerprint density at radius 1 is 1.33 bits per heavy atom. The molecule has 1 aromatic heterocycles. The average Bonchev–Trinajstić information content (AvgIpc) is 3.18. The molecule has 1 atom stereocenters. The van der Waals surface area contributed by atoms with Crippen molar-refractivity contribution in [3.63, 3.8) is 0 Å². The first-order valence-electron chi connectivity index (χ1n) is 11.3. The summed E-state index contributed by atoms with van der Waals surface area (Å²) >= 11 is 5.76. The van der Waals surface area contributed by atoms with Gasteiger partial charge in [0, 0.05) is 24.7 Å². The molecule has 6 heteroatoms. The number of H-pyrrole nitrogens is 1. The highest BCUT2D eigenvalue weighted by Crippen LogP contribution is 2.21. The van der Waals surface area contributed by atoms with E-state index in [-0.39, 0.29) is 5.56 Å². The lowest BCUT2D eigenvalue weighted by molar-refractivity contribution is 0.219. The number of nitrogens with one attached hydrogen (secondary N) is 2. The molecule has 2 heterocycles. The van der Waals surface area contributed by atoms with Gasteiger partial charge in [-0.15, -0.1) is 0 Å². The number of thiocarbonyl (C=S) groups is 1. The second kappa shape index (κ2) is 10.4. The minimum absolute atomic E-state index is 0.0173. The number of benzene rings is 1. The van der Waals surface area contributed by atoms with Crippen LogP contribution in [0.1, 0.15) is 56.2 Å². The summed E-state index contributed by atoms with van der Waals surface area (Å²) in [7, 11) is 0. The van der Waals surface area contributed by atoms with Crippen molar-refractivity contribution < 1.29 is 0 Å². The van der Waals surface area contributed by atoms with E-state index in [1.54, 1.807) is 0 Å². The van der Waals surface area contributed by atoms with Crippen LogP contribution >= 0.6 is 12.2 Å². The van der Waals surface area contributed by atoms with Crippen molar-refractivity contribution in [2.45, 2.75) is 66.0 Å². The third-order valence-electron chi connectivity index (χ3n) is 6.42. The standard InChI is InChI=1S/C24H36N4OS/c1-5-7-12-25-24(30)28(16-21-9-8-13-27(21)6-2)15-20-14-19-11-10-17(3)18(4)22(19)26-23(20)29/h10-11,14,21H,5-9,12-13,15-16H2,1-4H3,(H,25,30)(H,26,29)/t21-/m0/s1. The molecule has 0 bridgehead atoms. The van der Waals surface area contributed by atoms with Crippen LogP contribution in [-0.2, 0) is 6.54 Å². The molecule has 0 spiro atoms. The summed E-state index contributed by atoms with van der Waals surface area (Å²) < 4.78 is 0. The predicted molar refractivity (Wildman–Crippen MR) is 130 cm³/mol. The number of likely N-dealkylation sites (tertiary alicyclic amines) is 1. The van der Waals surface area contributed by atoms with E-state index in [4.69, 9.17) is 12.2 Å². The molecule has 1 saturated heterocycles. The quantitative estimate of drug-likeness (QED) is 0.490. The molecule has 2 N–H and O–H groups in total. The normalized spacial score (nSPS) is 16.9. The first-order chi connectivity index (χ1) is 14.4. The van der Waals surface area contributed by atoms with Crippen LogP contribution in [0.4, 0.5) is 0 Å². The van der Waals surface area contributed by atoms with E-state index in [0.717, 1.165) is 66.2 Å². The van der Waals surface area contributed by atoms with Gasteiger partial charge in [0.2, 0.25) is 0 Å². The maximum atomic E-state index is 12.9. The van der Waals surface area contributed by atoms with Crippen molar-refractivity contribution in [2.24, 2.45) is 0 Å². The minimum Gasteiger partial charge on any atom is -0.363 e. The fraction of sp³-hybridized carbons (Fsp3) is 0.583. The lowest BCUT2D eigenvalue weighted by Crippen LogP contribution is -2.47. The molecule has 30 heavy (non-hydrogen) atoms. The van der Waals surface area contributed by atoms with Crippen LogP contribution in [-0.4, -0.2) is 52.1 Å². The Balaban J connectivity index is 1.86. The van der Waals surface area contributed by atoms with Crippen molar-refractivity contribution in [3.05, 3.63) is 45.2 Å². The number of unbranched alkanes of at least 4 members (excludes halogenated alkanes) is 1. The van der Waals surface area contributed by atoms with Gasteiger partial charge in [-0.05, 0) is 81.0 Å². The summed E-state index contributed by atoms with van der Waals surface area (Å²) in [5.74, 6) is 0. The van der Waals surface area contributed by atoms with E-state index in [1.807, 2.05) is 6.07 Å². The molecule has 164 valence electrons. The Labute approximate surface area is 185 Å². The molecule has 0 radical (unpaired) electrons. The molecule has 0 aliphatic carbocycles. The second-order valence-corrected chi connectivity index (χ2v) is 8.87. The third-order valence-corrected chi connectivity index (χ3v) is 6.82. The number of pyridine rings is 1. The summed E-state index contributed by atoms with van der Waals surface area (Å²) in [5.41, 5.74) is 4.01. The Morgan fingerprint density at radius 3 is 2.87 bits per heavy atom. The highest BCUT2D eigenvalue weighted by atomic mass is 32.1. The summed E-state index contributed by atoms with van der Waals surface area (Å²) in [4.78, 5) is 20.8. The van der Waals surface area contributed by atoms with Crippen LogP contribution in [0.2, 0.25) is 0 Å². The summed E-state index contributed by atoms with van der Waals surface area (Å²) in [6.45, 7) is 13.0. The molecule has 3 rings (SSSR count). The zero-order valence-corrected chi connectivity index (χ0v) is 19.7. The van der Waals surface area contributed by atoms with E-state index >= 15 is 0 Å². The molecular formula is C24H36N4OS. The van der Waals surface area contributed by atoms with Crippen LogP contribution in [0, 0.1) is 13.8 Å². The van der Waals surface area contributed by atoms with Crippen LogP contribution in [0.3, 0.4) is 0 Å². The lowest BCUT2D eigenvalue weighted by Gasteiger charge is -2.32. The Kier molecular flexibility index (Phi) is 7.89. The van der Waals surface area contributed by atoms with Crippen molar-refractivity contribution in [1.29, 1.82) is 0 Å². The van der Waals surface area contributed by atoms with Gasteiger partial charge in [0.15, 0.2) is 5.11 Å². The van der Waals surface area contributed by atoms with Gasteiger partial charge < -0.3 is 15.2 Å². The van der Waals surface area contributed by atoms with Crippen LogP contribution in [0.5, 0.6) is 0 Å². The number of aromatic amines is 1. The Morgan fingerprint density at radius 2 is 2.13 bits per heavy atom. The largest absolute Gasteiger partial charge is 0.363 e. The van der Waals surface area contributed by atoms with E-state index in [9.17, 15) is 4.79 Å². The van der Waals surface area contributed by atoms with Gasteiger partial charge in [0.1, 0.15) is 0 Å². The number of aromatic nitrogens is 1. The monoisotopic (exact) mass is 428 g/mol. The van der Waals surface area contributed by atoms with E-state index in [1.165, 1.54) is 18.4 Å². The van der Waals surface area contributed by atoms with Gasteiger partial charge in [-0.3, -0.25) is 9.69 Å². The van der Waals surface area contributed by atoms with Crippen molar-refractivity contribution in [1.82, 2.24) is 20.1 Å². The summed E-state index contributed by atoms with van der Waals surface area (Å²) in [6.07, 6.45) is 4.64. The molecule has 2 aromatic rings. The molecule has 0 amide bonds. The van der Waals surface area contributed by atoms with Crippen LogP contribution < -0.4 is 10.9 Å². The number of likely N-dealkylation sites (N-methyl/N-ethyl adjacent to an activating group) is 1. The van der Waals surface area contributed by atoms with Gasteiger partial charge in [0.05, 0.1) is 12.1 Å². The van der Waals surface area contributed by atoms with Crippen LogP contribution in [0.25, 0.3) is 10.9 Å². The number of rotatable bonds is 8. The minimum atomic E-state index is -0.0173. The second-order valence-electron chi connectivity index (χ2n) is 8.49. The highest BCUT2D eigenvalue weighted by Gasteiger charge is 2.26. The van der Waals surface area contributed by atoms with Gasteiger partial charge in [0.25, 0.3) is 5.56 Å². The molecule has 1 aliphatic heterocycles. The maximum Gasteiger partial charge on any atom is 0.253 e. The van der Waals surface area contributed by atoms with E-state index < -0.39 is 0 Å². The summed E-state index contributed by atoms with van der Waals surface area (Å²) in [5, 5.41) is 5.24. The molecule has 1 aliphatic rings. The first kappa shape index (κ1) is 22.8. The van der Waals surface area contributed by atoms with Crippen molar-refractivity contribution in [3.8, 4) is 0 Å². The average molecular weight is 429 g/mol. The Bertz CT molecular complexity index is 939. The number of hydrogen-bond acceptors (Lipinski definition) is 3. The van der Waals surface area contributed by atoms with Gasteiger partial charge in [-0.25, -0.2) is 0 Å². The number of hydrogen-bond donors (Lipinski definition) is 2. The molecule has 0 unspecified atom stereocenters. The highest BCUT2D eigenvalue weighted by molar-refractivity contribution is 7.80. The van der Waals surface area contributed by atoms with Crippen molar-refractivity contribution in [2.75, 3.05) is 26.2 Å². The summed E-state index contributed by atoms with van der Waals surface area (Å²) in [6, 6.07) is 6.74. The van der Waals surface area contributed by atoms with Crippen molar-refractivity contribution >= 4 is 28.2 Å². The number of nitrogens with zero attached hydrogens (tertiary/aromatic N) is 2. The Hall–Kier alpha value is -1.92. The molecule has 1 fully saturated rings. The van der Waals surface area contributed by atoms with Gasteiger partial charge >= 0.3 is 0 Å². The molecule has 5 nitrogen and oxygen atoms in total. The fourth-order valence-corrected chi connectivity index (χ4v) is 4.61. The van der Waals surface area contributed by atoms with E-state index in [2.05, 4.69) is 59.9 Å². The molecule has 1 aromatic carbocycles. The topological polar surface area (TPSA) is 51.4 Å². The predicted octanol–water partition coefficient (Wildman–Crippen LogP) is 4.11. The van der Waals surface area contributed by atoms with Gasteiger partial charge in [-0.1, -0.05) is 32.4 Å². The number of aryl methyl sites for hydroxylation is 2. The lowest BCUT2D eigenvalue weighted by atomic mass is 10.0. The fourth-order valence-electron chi connectivity index (χ4n) is 4.37.